The Morgan fingerprint density at radius 1 is 1.29 bits per heavy atom. The van der Waals surface area contributed by atoms with Gasteiger partial charge >= 0.3 is 5.97 Å². The van der Waals surface area contributed by atoms with E-state index in [0.29, 0.717) is 6.42 Å². The Bertz CT molecular complexity index is 415. The summed E-state index contributed by atoms with van der Waals surface area (Å²) in [5, 5.41) is 0. The number of rotatable bonds is 4. The van der Waals surface area contributed by atoms with Crippen molar-refractivity contribution in [3.05, 3.63) is 28.8 Å². The van der Waals surface area contributed by atoms with Crippen LogP contribution in [0.4, 0.5) is 0 Å². The molecule has 1 atom stereocenters. The molecule has 0 aliphatic rings. The van der Waals surface area contributed by atoms with Crippen LogP contribution in [0.5, 0.6) is 5.75 Å². The third-order valence-corrected chi connectivity index (χ3v) is 3.01. The second kappa shape index (κ2) is 5.68. The smallest absolute Gasteiger partial charge is 0.322 e. The first-order chi connectivity index (χ1) is 8.01. The number of benzene rings is 1. The summed E-state index contributed by atoms with van der Waals surface area (Å²) in [5.74, 6) is 0.454. The first-order valence-corrected chi connectivity index (χ1v) is 5.47. The van der Waals surface area contributed by atoms with Gasteiger partial charge in [-0.15, -0.1) is 0 Å². The van der Waals surface area contributed by atoms with Crippen molar-refractivity contribution in [3.8, 4) is 5.75 Å². The molecule has 94 valence electrons. The van der Waals surface area contributed by atoms with Gasteiger partial charge in [-0.25, -0.2) is 0 Å². The molecule has 0 fully saturated rings. The fraction of sp³-hybridized carbons (Fsp3) is 0.462. The zero-order valence-corrected chi connectivity index (χ0v) is 10.7. The van der Waals surface area contributed by atoms with Crippen LogP contribution in [-0.2, 0) is 16.0 Å². The molecule has 0 aliphatic heterocycles. The van der Waals surface area contributed by atoms with Gasteiger partial charge in [-0.05, 0) is 43.0 Å². The van der Waals surface area contributed by atoms with Crippen LogP contribution in [-0.4, -0.2) is 26.2 Å². The van der Waals surface area contributed by atoms with E-state index in [-0.39, 0.29) is 0 Å². The predicted octanol–water partition coefficient (Wildman–Crippen LogP) is 1.35. The molecule has 0 saturated carbocycles. The summed E-state index contributed by atoms with van der Waals surface area (Å²) in [4.78, 5) is 11.3. The van der Waals surface area contributed by atoms with Crippen LogP contribution in [0, 0.1) is 13.8 Å². The van der Waals surface area contributed by atoms with Crippen LogP contribution in [0.15, 0.2) is 12.1 Å². The number of carbonyl (C=O) groups is 1. The van der Waals surface area contributed by atoms with E-state index >= 15 is 0 Å². The topological polar surface area (TPSA) is 61.5 Å². The highest BCUT2D eigenvalue weighted by Crippen LogP contribution is 2.24. The summed E-state index contributed by atoms with van der Waals surface area (Å²) in [7, 11) is 2.98. The van der Waals surface area contributed by atoms with Gasteiger partial charge in [0, 0.05) is 0 Å². The normalized spacial score (nSPS) is 12.1. The van der Waals surface area contributed by atoms with E-state index in [9.17, 15) is 4.79 Å². The average molecular weight is 237 g/mol. The number of hydrogen-bond donors (Lipinski definition) is 1. The third-order valence-electron chi connectivity index (χ3n) is 3.01. The van der Waals surface area contributed by atoms with Crippen molar-refractivity contribution in [2.75, 3.05) is 14.2 Å². The van der Waals surface area contributed by atoms with E-state index in [1.807, 2.05) is 26.0 Å². The summed E-state index contributed by atoms with van der Waals surface area (Å²) in [6.45, 7) is 3.98. The average Bonchev–Trinajstić information content (AvgIpc) is 2.34. The first-order valence-electron chi connectivity index (χ1n) is 5.47. The maximum absolute atomic E-state index is 11.3. The molecule has 0 heterocycles. The fourth-order valence-corrected chi connectivity index (χ4v) is 1.77. The molecule has 1 rings (SSSR count). The summed E-state index contributed by atoms with van der Waals surface area (Å²) in [6, 6.07) is 3.21. The standard InChI is InChI=1S/C13H19NO3/c1-8-9(2)12(16-3)6-5-10(8)7-11(14)13(15)17-4/h5-6,11H,7,14H2,1-4H3/t11-/m1/s1. The van der Waals surface area contributed by atoms with Gasteiger partial charge < -0.3 is 15.2 Å². The van der Waals surface area contributed by atoms with E-state index in [0.717, 1.165) is 22.4 Å². The van der Waals surface area contributed by atoms with E-state index in [1.54, 1.807) is 7.11 Å². The highest BCUT2D eigenvalue weighted by Gasteiger charge is 2.16. The van der Waals surface area contributed by atoms with Gasteiger partial charge in [-0.3, -0.25) is 4.79 Å². The Balaban J connectivity index is 2.93. The lowest BCUT2D eigenvalue weighted by Gasteiger charge is -2.15. The second-order valence-electron chi connectivity index (χ2n) is 4.01. The number of esters is 1. The molecular weight excluding hydrogens is 218 g/mol. The minimum atomic E-state index is -0.619. The Hall–Kier alpha value is -1.55. The van der Waals surface area contributed by atoms with Crippen LogP contribution >= 0.6 is 0 Å². The van der Waals surface area contributed by atoms with Gasteiger partial charge in [0.05, 0.1) is 14.2 Å². The summed E-state index contributed by atoms with van der Waals surface area (Å²) < 4.78 is 9.84. The number of methoxy groups -OCH3 is 2. The summed E-state index contributed by atoms with van der Waals surface area (Å²) in [6.07, 6.45) is 0.476. The van der Waals surface area contributed by atoms with Crippen molar-refractivity contribution in [2.24, 2.45) is 5.73 Å². The Kier molecular flexibility index (Phi) is 4.52. The molecule has 4 heteroatoms. The molecule has 17 heavy (non-hydrogen) atoms. The van der Waals surface area contributed by atoms with Gasteiger partial charge in [-0.1, -0.05) is 6.07 Å². The van der Waals surface area contributed by atoms with E-state index in [4.69, 9.17) is 10.5 Å². The van der Waals surface area contributed by atoms with Gasteiger partial charge in [0.25, 0.3) is 0 Å². The minimum absolute atomic E-state index is 0.391. The molecule has 1 aromatic rings. The molecule has 0 amide bonds. The largest absolute Gasteiger partial charge is 0.496 e. The zero-order chi connectivity index (χ0) is 13.0. The molecule has 0 radical (unpaired) electrons. The highest BCUT2D eigenvalue weighted by molar-refractivity contribution is 5.75. The van der Waals surface area contributed by atoms with Crippen molar-refractivity contribution in [2.45, 2.75) is 26.3 Å². The number of carbonyl (C=O) groups excluding carboxylic acids is 1. The number of nitrogens with two attached hydrogens (primary N) is 1. The van der Waals surface area contributed by atoms with Crippen LogP contribution in [0.1, 0.15) is 16.7 Å². The third kappa shape index (κ3) is 2.97. The molecule has 0 unspecified atom stereocenters. The van der Waals surface area contributed by atoms with E-state index in [2.05, 4.69) is 4.74 Å². The molecule has 4 nitrogen and oxygen atoms in total. The number of ether oxygens (including phenoxy) is 2. The lowest BCUT2D eigenvalue weighted by molar-refractivity contribution is -0.142. The van der Waals surface area contributed by atoms with Gasteiger partial charge in [0.2, 0.25) is 0 Å². The second-order valence-corrected chi connectivity index (χ2v) is 4.01. The van der Waals surface area contributed by atoms with Crippen LogP contribution < -0.4 is 10.5 Å². The Morgan fingerprint density at radius 2 is 1.94 bits per heavy atom. The summed E-state index contributed by atoms with van der Waals surface area (Å²) in [5.41, 5.74) is 8.96. The molecule has 0 saturated heterocycles. The van der Waals surface area contributed by atoms with Crippen molar-refractivity contribution < 1.29 is 14.3 Å². The van der Waals surface area contributed by atoms with Gasteiger partial charge in [0.1, 0.15) is 11.8 Å². The van der Waals surface area contributed by atoms with Crippen LogP contribution in [0.2, 0.25) is 0 Å². The number of hydrogen-bond acceptors (Lipinski definition) is 4. The van der Waals surface area contributed by atoms with Gasteiger partial charge in [-0.2, -0.15) is 0 Å². The SMILES string of the molecule is COC(=O)[C@H](N)Cc1ccc(OC)c(C)c1C. The maximum Gasteiger partial charge on any atom is 0.322 e. The summed E-state index contributed by atoms with van der Waals surface area (Å²) >= 11 is 0. The Morgan fingerprint density at radius 3 is 2.47 bits per heavy atom. The molecular formula is C13H19NO3. The quantitative estimate of drug-likeness (QED) is 0.803. The van der Waals surface area contributed by atoms with Crippen molar-refractivity contribution in [1.29, 1.82) is 0 Å². The zero-order valence-electron chi connectivity index (χ0n) is 10.7. The lowest BCUT2D eigenvalue weighted by Crippen LogP contribution is -2.33. The van der Waals surface area contributed by atoms with Crippen LogP contribution in [0.25, 0.3) is 0 Å². The molecule has 1 aromatic carbocycles. The lowest BCUT2D eigenvalue weighted by atomic mass is 9.97. The molecule has 2 N–H and O–H groups in total. The Labute approximate surface area is 102 Å². The van der Waals surface area contributed by atoms with E-state index in [1.165, 1.54) is 7.11 Å². The van der Waals surface area contributed by atoms with Gasteiger partial charge in [0.15, 0.2) is 0 Å². The highest BCUT2D eigenvalue weighted by atomic mass is 16.5. The monoisotopic (exact) mass is 237 g/mol. The fourth-order valence-electron chi connectivity index (χ4n) is 1.77. The van der Waals surface area contributed by atoms with Crippen molar-refractivity contribution in [3.63, 3.8) is 0 Å². The molecule has 0 aromatic heterocycles. The molecule has 0 bridgehead atoms. The molecule has 0 aliphatic carbocycles. The maximum atomic E-state index is 11.3. The molecule has 0 spiro atoms. The first kappa shape index (κ1) is 13.5. The van der Waals surface area contributed by atoms with E-state index < -0.39 is 12.0 Å². The van der Waals surface area contributed by atoms with Crippen molar-refractivity contribution >= 4 is 5.97 Å². The van der Waals surface area contributed by atoms with Crippen molar-refractivity contribution in [1.82, 2.24) is 0 Å². The predicted molar refractivity (Wildman–Crippen MR) is 66.2 cm³/mol. The minimum Gasteiger partial charge on any atom is -0.496 e. The van der Waals surface area contributed by atoms with Crippen LogP contribution in [0.3, 0.4) is 0 Å².